The second-order valence-electron chi connectivity index (χ2n) is 5.93. The van der Waals surface area contributed by atoms with Crippen LogP contribution >= 0.6 is 0 Å². The van der Waals surface area contributed by atoms with Crippen molar-refractivity contribution in [2.75, 3.05) is 25.6 Å². The molecule has 2 amide bonds. The molecule has 1 aromatic rings. The predicted octanol–water partition coefficient (Wildman–Crippen LogP) is 2.66. The van der Waals surface area contributed by atoms with Crippen LogP contribution in [0, 0.1) is 0 Å². The van der Waals surface area contributed by atoms with Crippen molar-refractivity contribution in [2.45, 2.75) is 38.3 Å². The highest BCUT2D eigenvalue weighted by Gasteiger charge is 2.29. The lowest BCUT2D eigenvalue weighted by Crippen LogP contribution is -2.52. The van der Waals surface area contributed by atoms with Crippen LogP contribution in [0.5, 0.6) is 0 Å². The molecule has 1 heterocycles. The van der Waals surface area contributed by atoms with E-state index in [9.17, 15) is 4.79 Å². The molecule has 21 heavy (non-hydrogen) atoms. The Hall–Kier alpha value is -1.59. The van der Waals surface area contributed by atoms with Gasteiger partial charge in [0.15, 0.2) is 0 Å². The zero-order valence-electron chi connectivity index (χ0n) is 13.0. The Morgan fingerprint density at radius 2 is 2.24 bits per heavy atom. The molecule has 2 unspecified atom stereocenters. The molecule has 0 aliphatic carbocycles. The second-order valence-corrected chi connectivity index (χ2v) is 5.93. The van der Waals surface area contributed by atoms with Crippen LogP contribution in [0.3, 0.4) is 0 Å². The summed E-state index contributed by atoms with van der Waals surface area (Å²) in [5, 5.41) is 9.10. The van der Waals surface area contributed by atoms with Gasteiger partial charge in [-0.15, -0.1) is 0 Å². The summed E-state index contributed by atoms with van der Waals surface area (Å²) >= 11 is 0. The molecule has 116 valence electrons. The van der Waals surface area contributed by atoms with Crippen molar-refractivity contribution in [3.8, 4) is 0 Å². The minimum atomic E-state index is -0.280. The van der Waals surface area contributed by atoms with Crippen molar-refractivity contribution in [2.24, 2.45) is 0 Å². The Morgan fingerprint density at radius 1 is 1.43 bits per heavy atom. The molecule has 0 radical (unpaired) electrons. The van der Waals surface area contributed by atoms with Crippen molar-refractivity contribution in [3.63, 3.8) is 0 Å². The molecule has 0 spiro atoms. The van der Waals surface area contributed by atoms with Crippen LogP contribution < -0.4 is 16.0 Å². The molecular formula is C16H25N3O2. The van der Waals surface area contributed by atoms with Crippen LogP contribution in [0.4, 0.5) is 10.5 Å². The molecule has 1 aromatic carbocycles. The smallest absolute Gasteiger partial charge is 0.319 e. The number of anilines is 1. The quantitative estimate of drug-likeness (QED) is 0.799. The SMILES string of the molecule is CNC(C)c1cccc(NC(=O)NC2(C)CCCOC2)c1. The lowest BCUT2D eigenvalue weighted by molar-refractivity contribution is 0.0342. The second kappa shape index (κ2) is 6.91. The molecule has 0 bridgehead atoms. The van der Waals surface area contributed by atoms with Crippen molar-refractivity contribution in [1.29, 1.82) is 0 Å². The molecule has 2 atom stereocenters. The van der Waals surface area contributed by atoms with E-state index in [1.807, 2.05) is 38.2 Å². The van der Waals surface area contributed by atoms with Gasteiger partial charge in [0.25, 0.3) is 0 Å². The Kier molecular flexibility index (Phi) is 5.20. The Bertz CT molecular complexity index is 484. The molecule has 5 nitrogen and oxygen atoms in total. The van der Waals surface area contributed by atoms with Gasteiger partial charge in [0.2, 0.25) is 0 Å². The van der Waals surface area contributed by atoms with E-state index in [0.29, 0.717) is 6.61 Å². The van der Waals surface area contributed by atoms with Crippen molar-refractivity contribution < 1.29 is 9.53 Å². The number of benzene rings is 1. The third-order valence-electron chi connectivity index (χ3n) is 3.93. The fourth-order valence-electron chi connectivity index (χ4n) is 2.52. The van der Waals surface area contributed by atoms with E-state index >= 15 is 0 Å². The van der Waals surface area contributed by atoms with Gasteiger partial charge in [-0.3, -0.25) is 0 Å². The average Bonchev–Trinajstić information content (AvgIpc) is 2.46. The van der Waals surface area contributed by atoms with E-state index in [2.05, 4.69) is 22.9 Å². The first kappa shape index (κ1) is 15.8. The first-order valence-corrected chi connectivity index (χ1v) is 7.46. The summed E-state index contributed by atoms with van der Waals surface area (Å²) in [4.78, 5) is 12.1. The minimum Gasteiger partial charge on any atom is -0.379 e. The van der Waals surface area contributed by atoms with E-state index in [4.69, 9.17) is 4.74 Å². The fraction of sp³-hybridized carbons (Fsp3) is 0.562. The molecule has 1 fully saturated rings. The van der Waals surface area contributed by atoms with Gasteiger partial charge in [0.05, 0.1) is 12.1 Å². The summed E-state index contributed by atoms with van der Waals surface area (Å²) in [6, 6.07) is 7.94. The zero-order chi connectivity index (χ0) is 15.3. The van der Waals surface area contributed by atoms with Gasteiger partial charge in [-0.05, 0) is 51.4 Å². The van der Waals surface area contributed by atoms with Gasteiger partial charge < -0.3 is 20.7 Å². The third-order valence-corrected chi connectivity index (χ3v) is 3.93. The van der Waals surface area contributed by atoms with Crippen LogP contribution in [0.1, 0.15) is 38.3 Å². The number of nitrogens with one attached hydrogen (secondary N) is 3. The molecule has 2 rings (SSSR count). The first-order valence-electron chi connectivity index (χ1n) is 7.46. The number of urea groups is 1. The molecule has 3 N–H and O–H groups in total. The molecule has 1 saturated heterocycles. The van der Waals surface area contributed by atoms with Gasteiger partial charge in [-0.1, -0.05) is 12.1 Å². The number of amides is 2. The van der Waals surface area contributed by atoms with Gasteiger partial charge in [0.1, 0.15) is 0 Å². The maximum Gasteiger partial charge on any atom is 0.319 e. The van der Waals surface area contributed by atoms with Crippen LogP contribution in [0.15, 0.2) is 24.3 Å². The Balaban J connectivity index is 1.96. The van der Waals surface area contributed by atoms with Crippen LogP contribution in [-0.4, -0.2) is 31.8 Å². The molecule has 0 saturated carbocycles. The summed E-state index contributed by atoms with van der Waals surface area (Å²) in [6.07, 6.45) is 1.92. The number of hydrogen-bond donors (Lipinski definition) is 3. The molecule has 1 aliphatic heterocycles. The highest BCUT2D eigenvalue weighted by atomic mass is 16.5. The number of rotatable bonds is 4. The van der Waals surface area contributed by atoms with Crippen LogP contribution in [0.2, 0.25) is 0 Å². The topological polar surface area (TPSA) is 62.4 Å². The van der Waals surface area contributed by atoms with Gasteiger partial charge >= 0.3 is 6.03 Å². The highest BCUT2D eigenvalue weighted by molar-refractivity contribution is 5.89. The van der Waals surface area contributed by atoms with E-state index < -0.39 is 0 Å². The molecular weight excluding hydrogens is 266 g/mol. The maximum atomic E-state index is 12.1. The number of ether oxygens (including phenoxy) is 1. The maximum absolute atomic E-state index is 12.1. The normalized spacial score (nSPS) is 23.4. The molecule has 5 heteroatoms. The van der Waals surface area contributed by atoms with Gasteiger partial charge in [0, 0.05) is 18.3 Å². The summed E-state index contributed by atoms with van der Waals surface area (Å²) in [5.74, 6) is 0. The number of carbonyl (C=O) groups excluding carboxylic acids is 1. The third kappa shape index (κ3) is 4.44. The lowest BCUT2D eigenvalue weighted by atomic mass is 9.95. The van der Waals surface area contributed by atoms with E-state index in [1.165, 1.54) is 0 Å². The van der Waals surface area contributed by atoms with Crippen molar-refractivity contribution >= 4 is 11.7 Å². The zero-order valence-corrected chi connectivity index (χ0v) is 13.0. The van der Waals surface area contributed by atoms with Crippen molar-refractivity contribution in [1.82, 2.24) is 10.6 Å². The van der Waals surface area contributed by atoms with E-state index in [1.54, 1.807) is 0 Å². The van der Waals surface area contributed by atoms with Crippen LogP contribution in [0.25, 0.3) is 0 Å². The summed E-state index contributed by atoms with van der Waals surface area (Å²) in [5.41, 5.74) is 1.66. The summed E-state index contributed by atoms with van der Waals surface area (Å²) in [7, 11) is 1.92. The van der Waals surface area contributed by atoms with Gasteiger partial charge in [-0.2, -0.15) is 0 Å². The Labute approximate surface area is 126 Å². The monoisotopic (exact) mass is 291 g/mol. The standard InChI is InChI=1S/C16H25N3O2/c1-12(17-3)13-6-4-7-14(10-13)18-15(20)19-16(2)8-5-9-21-11-16/h4,6-7,10,12,17H,5,8-9,11H2,1-3H3,(H2,18,19,20). The van der Waals surface area contributed by atoms with Crippen LogP contribution in [-0.2, 0) is 4.74 Å². The predicted molar refractivity (Wildman–Crippen MR) is 84.5 cm³/mol. The van der Waals surface area contributed by atoms with E-state index in [-0.39, 0.29) is 17.6 Å². The summed E-state index contributed by atoms with van der Waals surface area (Å²) < 4.78 is 5.45. The molecule has 0 aromatic heterocycles. The number of hydrogen-bond acceptors (Lipinski definition) is 3. The number of carbonyl (C=O) groups is 1. The van der Waals surface area contributed by atoms with E-state index in [0.717, 1.165) is 30.7 Å². The average molecular weight is 291 g/mol. The Morgan fingerprint density at radius 3 is 2.90 bits per heavy atom. The lowest BCUT2D eigenvalue weighted by Gasteiger charge is -2.34. The largest absolute Gasteiger partial charge is 0.379 e. The molecule has 1 aliphatic rings. The van der Waals surface area contributed by atoms with Crippen molar-refractivity contribution in [3.05, 3.63) is 29.8 Å². The fourth-order valence-corrected chi connectivity index (χ4v) is 2.52. The highest BCUT2D eigenvalue weighted by Crippen LogP contribution is 2.20. The minimum absolute atomic E-state index is 0.183. The summed E-state index contributed by atoms with van der Waals surface area (Å²) in [6.45, 7) is 5.45. The van der Waals surface area contributed by atoms with Gasteiger partial charge in [-0.25, -0.2) is 4.79 Å². The first-order chi connectivity index (χ1) is 10.0.